The minimum Gasteiger partial charge on any atom is -0.459 e. The van der Waals surface area contributed by atoms with Crippen molar-refractivity contribution in [3.8, 4) is 0 Å². The van der Waals surface area contributed by atoms with Crippen molar-refractivity contribution >= 4 is 34.8 Å². The maximum absolute atomic E-state index is 13.2. The van der Waals surface area contributed by atoms with Crippen LogP contribution in [-0.2, 0) is 6.54 Å². The van der Waals surface area contributed by atoms with Gasteiger partial charge in [0.1, 0.15) is 12.1 Å². The van der Waals surface area contributed by atoms with Crippen molar-refractivity contribution < 1.29 is 18.5 Å². The second-order valence-electron chi connectivity index (χ2n) is 7.00. The summed E-state index contributed by atoms with van der Waals surface area (Å²) in [5.41, 5.74) is 0.282. The van der Waals surface area contributed by atoms with E-state index >= 15 is 0 Å². The topological polar surface area (TPSA) is 118 Å². The van der Waals surface area contributed by atoms with Crippen molar-refractivity contribution in [1.29, 1.82) is 0 Å². The number of carbonyl (C=O) groups is 1. The largest absolute Gasteiger partial charge is 0.459 e. The van der Waals surface area contributed by atoms with E-state index in [1.807, 2.05) is 0 Å². The van der Waals surface area contributed by atoms with E-state index in [1.54, 1.807) is 21.9 Å². The third kappa shape index (κ3) is 4.47. The number of amides is 1. The summed E-state index contributed by atoms with van der Waals surface area (Å²) in [6, 6.07) is 7.15. The SMILES string of the molecule is O=C(c1ccco1)N1CCN(c2ncnc(NCc3ccc(F)cc3Cl)c2[N+](=O)[O-])CC1. The van der Waals surface area contributed by atoms with E-state index in [1.165, 1.54) is 30.8 Å². The summed E-state index contributed by atoms with van der Waals surface area (Å²) in [6.45, 7) is 1.53. The zero-order chi connectivity index (χ0) is 22.7. The van der Waals surface area contributed by atoms with Gasteiger partial charge < -0.3 is 19.5 Å². The molecular weight excluding hydrogens is 443 g/mol. The molecule has 0 aliphatic carbocycles. The van der Waals surface area contributed by atoms with Gasteiger partial charge in [0.15, 0.2) is 5.76 Å². The maximum atomic E-state index is 13.2. The molecule has 0 atom stereocenters. The normalized spacial score (nSPS) is 13.8. The molecule has 1 fully saturated rings. The number of piperazine rings is 1. The van der Waals surface area contributed by atoms with Crippen LogP contribution in [0.5, 0.6) is 0 Å². The molecule has 0 spiro atoms. The number of benzene rings is 1. The predicted octanol–water partition coefficient (Wildman–Crippen LogP) is 3.34. The van der Waals surface area contributed by atoms with Gasteiger partial charge in [-0.3, -0.25) is 14.9 Å². The number of aromatic nitrogens is 2. The minimum atomic E-state index is -0.551. The first-order valence-corrected chi connectivity index (χ1v) is 10.1. The molecule has 1 saturated heterocycles. The summed E-state index contributed by atoms with van der Waals surface area (Å²) in [4.78, 5) is 35.2. The zero-order valence-electron chi connectivity index (χ0n) is 16.7. The predicted molar refractivity (Wildman–Crippen MR) is 114 cm³/mol. The van der Waals surface area contributed by atoms with Crippen molar-refractivity contribution in [2.75, 3.05) is 36.4 Å². The molecule has 4 rings (SSSR count). The fraction of sp³-hybridized carbons (Fsp3) is 0.250. The number of furan rings is 1. The summed E-state index contributed by atoms with van der Waals surface area (Å²) in [6.07, 6.45) is 2.67. The van der Waals surface area contributed by atoms with Crippen LogP contribution in [0.4, 0.5) is 21.7 Å². The molecule has 3 aromatic rings. The highest BCUT2D eigenvalue weighted by Crippen LogP contribution is 2.33. The lowest BCUT2D eigenvalue weighted by Crippen LogP contribution is -2.49. The van der Waals surface area contributed by atoms with Gasteiger partial charge in [0.2, 0.25) is 11.6 Å². The number of nitro groups is 1. The van der Waals surface area contributed by atoms with Gasteiger partial charge in [-0.15, -0.1) is 0 Å². The van der Waals surface area contributed by atoms with E-state index < -0.39 is 10.7 Å². The third-order valence-corrected chi connectivity index (χ3v) is 5.40. The summed E-state index contributed by atoms with van der Waals surface area (Å²) in [5.74, 6) is -0.279. The summed E-state index contributed by atoms with van der Waals surface area (Å²) >= 11 is 6.03. The molecule has 0 unspecified atom stereocenters. The van der Waals surface area contributed by atoms with Crippen LogP contribution >= 0.6 is 11.6 Å². The summed E-state index contributed by atoms with van der Waals surface area (Å²) in [5, 5.41) is 14.9. The van der Waals surface area contributed by atoms with Crippen LogP contribution in [0.3, 0.4) is 0 Å². The van der Waals surface area contributed by atoms with E-state index in [4.69, 9.17) is 16.0 Å². The Hall–Kier alpha value is -3.73. The maximum Gasteiger partial charge on any atom is 0.353 e. The number of nitrogens with zero attached hydrogens (tertiary/aromatic N) is 5. The lowest BCUT2D eigenvalue weighted by molar-refractivity contribution is -0.383. The number of nitrogens with one attached hydrogen (secondary N) is 1. The molecule has 1 aliphatic heterocycles. The van der Waals surface area contributed by atoms with E-state index in [-0.39, 0.29) is 40.6 Å². The molecule has 0 bridgehead atoms. The first kappa shape index (κ1) is 21.5. The Bertz CT molecular complexity index is 1140. The number of carbonyl (C=O) groups excluding carboxylic acids is 1. The van der Waals surface area contributed by atoms with Crippen molar-refractivity contribution in [2.45, 2.75) is 6.54 Å². The average Bonchev–Trinajstić information content (AvgIpc) is 3.33. The molecule has 1 aromatic carbocycles. The number of rotatable bonds is 6. The fourth-order valence-electron chi connectivity index (χ4n) is 3.42. The van der Waals surface area contributed by atoms with Gasteiger partial charge >= 0.3 is 5.69 Å². The molecule has 166 valence electrons. The van der Waals surface area contributed by atoms with Crippen LogP contribution in [0, 0.1) is 15.9 Å². The van der Waals surface area contributed by atoms with Crippen LogP contribution in [0.1, 0.15) is 16.1 Å². The molecule has 0 saturated carbocycles. The Kier molecular flexibility index (Phi) is 6.17. The second kappa shape index (κ2) is 9.18. The van der Waals surface area contributed by atoms with E-state index in [0.29, 0.717) is 31.7 Å². The molecule has 32 heavy (non-hydrogen) atoms. The number of halogens is 2. The second-order valence-corrected chi connectivity index (χ2v) is 7.40. The highest BCUT2D eigenvalue weighted by atomic mass is 35.5. The molecule has 3 heterocycles. The molecule has 2 aromatic heterocycles. The quantitative estimate of drug-likeness (QED) is 0.439. The summed E-state index contributed by atoms with van der Waals surface area (Å²) in [7, 11) is 0. The minimum absolute atomic E-state index is 0.0227. The first-order chi connectivity index (χ1) is 15.4. The molecule has 12 heteroatoms. The van der Waals surface area contributed by atoms with Gasteiger partial charge in [0.25, 0.3) is 5.91 Å². The lowest BCUT2D eigenvalue weighted by Gasteiger charge is -2.34. The van der Waals surface area contributed by atoms with Crippen molar-refractivity contribution in [1.82, 2.24) is 14.9 Å². The number of hydrogen-bond acceptors (Lipinski definition) is 8. The van der Waals surface area contributed by atoms with Gasteiger partial charge in [-0.05, 0) is 29.8 Å². The molecule has 1 aliphatic rings. The molecule has 10 nitrogen and oxygen atoms in total. The van der Waals surface area contributed by atoms with Gasteiger partial charge in [0, 0.05) is 37.7 Å². The van der Waals surface area contributed by atoms with Crippen LogP contribution < -0.4 is 10.2 Å². The van der Waals surface area contributed by atoms with Gasteiger partial charge in [0.05, 0.1) is 11.2 Å². The van der Waals surface area contributed by atoms with Gasteiger partial charge in [-0.25, -0.2) is 14.4 Å². The van der Waals surface area contributed by atoms with Gasteiger partial charge in [-0.2, -0.15) is 0 Å². The smallest absolute Gasteiger partial charge is 0.353 e. The molecule has 1 N–H and O–H groups in total. The Balaban J connectivity index is 1.50. The third-order valence-electron chi connectivity index (χ3n) is 5.05. The lowest BCUT2D eigenvalue weighted by atomic mass is 10.2. The van der Waals surface area contributed by atoms with Crippen molar-refractivity contribution in [3.63, 3.8) is 0 Å². The Morgan fingerprint density at radius 3 is 2.69 bits per heavy atom. The molecule has 0 radical (unpaired) electrons. The van der Waals surface area contributed by atoms with Crippen LogP contribution in [0.2, 0.25) is 5.02 Å². The fourth-order valence-corrected chi connectivity index (χ4v) is 3.65. The van der Waals surface area contributed by atoms with E-state index in [9.17, 15) is 19.3 Å². The van der Waals surface area contributed by atoms with Crippen molar-refractivity contribution in [3.05, 3.63) is 75.2 Å². The highest BCUT2D eigenvalue weighted by Gasteiger charge is 2.31. The monoisotopic (exact) mass is 460 g/mol. The first-order valence-electron chi connectivity index (χ1n) is 9.69. The zero-order valence-corrected chi connectivity index (χ0v) is 17.5. The van der Waals surface area contributed by atoms with Crippen LogP contribution in [-0.4, -0.2) is 51.9 Å². The van der Waals surface area contributed by atoms with Crippen LogP contribution in [0.15, 0.2) is 47.3 Å². The van der Waals surface area contributed by atoms with E-state index in [2.05, 4.69) is 15.3 Å². The Morgan fingerprint density at radius 2 is 2.03 bits per heavy atom. The standard InChI is InChI=1S/C20H18ClFN6O4/c21-15-10-14(22)4-3-13(15)11-23-18-17(28(30)31)19(25-12-24-18)26-5-7-27(8-6-26)20(29)16-2-1-9-32-16/h1-4,9-10,12H,5-8,11H2,(H,23,24,25). The van der Waals surface area contributed by atoms with Gasteiger partial charge in [-0.1, -0.05) is 17.7 Å². The molecule has 1 amide bonds. The Morgan fingerprint density at radius 1 is 1.25 bits per heavy atom. The highest BCUT2D eigenvalue weighted by molar-refractivity contribution is 6.31. The average molecular weight is 461 g/mol. The number of anilines is 2. The number of hydrogen-bond donors (Lipinski definition) is 1. The van der Waals surface area contributed by atoms with Crippen molar-refractivity contribution in [2.24, 2.45) is 0 Å². The molecular formula is C20H18ClFN6O4. The van der Waals surface area contributed by atoms with E-state index in [0.717, 1.165) is 0 Å². The Labute approximate surface area is 186 Å². The van der Waals surface area contributed by atoms with Crippen LogP contribution in [0.25, 0.3) is 0 Å². The summed E-state index contributed by atoms with van der Waals surface area (Å²) < 4.78 is 18.4.